The van der Waals surface area contributed by atoms with Crippen molar-refractivity contribution in [1.29, 1.82) is 0 Å². The van der Waals surface area contributed by atoms with E-state index in [0.717, 1.165) is 30.8 Å². The summed E-state index contributed by atoms with van der Waals surface area (Å²) in [5.74, 6) is -0.195. The van der Waals surface area contributed by atoms with Crippen LogP contribution in [0.4, 0.5) is 0 Å². The third-order valence-corrected chi connectivity index (χ3v) is 4.49. The number of esters is 1. The predicted octanol–water partition coefficient (Wildman–Crippen LogP) is 3.93. The molecular formula is C15H19ClO3S. The maximum absolute atomic E-state index is 11.9. The molecule has 5 heteroatoms. The first-order chi connectivity index (χ1) is 9.65. The standard InChI is InChI=1S/C15H19ClO3S/c1-11(20-14-7-5-12(16)6-8-14)15(17)19-10-13-4-2-3-9-18-13/h5-8,11,13H,2-4,9-10H2,1H3. The number of hydrogen-bond donors (Lipinski definition) is 0. The number of carbonyl (C=O) groups excluding carboxylic acids is 1. The van der Waals surface area contributed by atoms with Crippen molar-refractivity contribution >= 4 is 29.3 Å². The molecule has 0 amide bonds. The van der Waals surface area contributed by atoms with Crippen molar-refractivity contribution in [2.45, 2.75) is 42.4 Å². The Hall–Kier alpha value is -0.710. The lowest BCUT2D eigenvalue weighted by Gasteiger charge is -2.22. The van der Waals surface area contributed by atoms with Crippen LogP contribution in [0, 0.1) is 0 Å². The molecular weight excluding hydrogens is 296 g/mol. The molecule has 0 aromatic heterocycles. The first-order valence-corrected chi connectivity index (χ1v) is 8.11. The van der Waals surface area contributed by atoms with Crippen LogP contribution in [0.3, 0.4) is 0 Å². The molecule has 1 aromatic rings. The van der Waals surface area contributed by atoms with Crippen molar-refractivity contribution < 1.29 is 14.3 Å². The quantitative estimate of drug-likeness (QED) is 0.609. The average molecular weight is 315 g/mol. The van der Waals surface area contributed by atoms with E-state index in [0.29, 0.717) is 11.6 Å². The summed E-state index contributed by atoms with van der Waals surface area (Å²) >= 11 is 7.30. The van der Waals surface area contributed by atoms with E-state index in [4.69, 9.17) is 21.1 Å². The van der Waals surface area contributed by atoms with Crippen LogP contribution in [-0.2, 0) is 14.3 Å². The van der Waals surface area contributed by atoms with Gasteiger partial charge < -0.3 is 9.47 Å². The smallest absolute Gasteiger partial charge is 0.319 e. The molecule has 1 heterocycles. The highest BCUT2D eigenvalue weighted by Gasteiger charge is 2.20. The van der Waals surface area contributed by atoms with Gasteiger partial charge in [-0.1, -0.05) is 11.6 Å². The molecule has 0 aliphatic carbocycles. The first-order valence-electron chi connectivity index (χ1n) is 6.85. The Morgan fingerprint density at radius 1 is 1.45 bits per heavy atom. The highest BCUT2D eigenvalue weighted by atomic mass is 35.5. The van der Waals surface area contributed by atoms with Crippen LogP contribution in [-0.4, -0.2) is 30.5 Å². The second-order valence-corrected chi connectivity index (χ2v) is 6.68. The van der Waals surface area contributed by atoms with Crippen molar-refractivity contribution in [2.75, 3.05) is 13.2 Å². The van der Waals surface area contributed by atoms with Gasteiger partial charge >= 0.3 is 5.97 Å². The summed E-state index contributed by atoms with van der Waals surface area (Å²) in [5, 5.41) is 0.457. The molecule has 1 saturated heterocycles. The molecule has 1 aromatic carbocycles. The fraction of sp³-hybridized carbons (Fsp3) is 0.533. The number of halogens is 1. The summed E-state index contributed by atoms with van der Waals surface area (Å²) in [5.41, 5.74) is 0. The van der Waals surface area contributed by atoms with Crippen molar-refractivity contribution in [3.63, 3.8) is 0 Å². The molecule has 1 aliphatic heterocycles. The van der Waals surface area contributed by atoms with E-state index in [2.05, 4.69) is 0 Å². The van der Waals surface area contributed by atoms with Crippen LogP contribution in [0.15, 0.2) is 29.2 Å². The molecule has 3 nitrogen and oxygen atoms in total. The summed E-state index contributed by atoms with van der Waals surface area (Å²) in [7, 11) is 0. The Labute approximate surface area is 129 Å². The van der Waals surface area contributed by atoms with Gasteiger partial charge in [0.05, 0.1) is 6.10 Å². The molecule has 2 unspecified atom stereocenters. The van der Waals surface area contributed by atoms with Crippen LogP contribution in [0.25, 0.3) is 0 Å². The fourth-order valence-corrected chi connectivity index (χ4v) is 2.99. The zero-order valence-electron chi connectivity index (χ0n) is 11.5. The summed E-state index contributed by atoms with van der Waals surface area (Å²) < 4.78 is 10.9. The normalized spacial score (nSPS) is 20.4. The number of hydrogen-bond acceptors (Lipinski definition) is 4. The van der Waals surface area contributed by atoms with Crippen LogP contribution in [0.5, 0.6) is 0 Å². The van der Waals surface area contributed by atoms with E-state index in [1.54, 1.807) is 0 Å². The number of ether oxygens (including phenoxy) is 2. The molecule has 0 bridgehead atoms. The molecule has 0 radical (unpaired) electrons. The zero-order chi connectivity index (χ0) is 14.4. The minimum absolute atomic E-state index is 0.0698. The van der Waals surface area contributed by atoms with Gasteiger partial charge in [0.15, 0.2) is 0 Å². The third-order valence-electron chi connectivity index (χ3n) is 3.14. The van der Waals surface area contributed by atoms with E-state index in [1.807, 2.05) is 31.2 Å². The second-order valence-electron chi connectivity index (χ2n) is 4.83. The van der Waals surface area contributed by atoms with E-state index < -0.39 is 0 Å². The molecule has 2 rings (SSSR count). The molecule has 2 atom stereocenters. The van der Waals surface area contributed by atoms with Gasteiger partial charge in [-0.25, -0.2) is 0 Å². The molecule has 1 aliphatic rings. The van der Waals surface area contributed by atoms with Gasteiger partial charge in [0.2, 0.25) is 0 Å². The van der Waals surface area contributed by atoms with Crippen molar-refractivity contribution in [2.24, 2.45) is 0 Å². The van der Waals surface area contributed by atoms with Gasteiger partial charge in [-0.05, 0) is 50.5 Å². The van der Waals surface area contributed by atoms with Gasteiger partial charge in [0, 0.05) is 16.5 Å². The molecule has 0 spiro atoms. The molecule has 0 saturated carbocycles. The SMILES string of the molecule is CC(Sc1ccc(Cl)cc1)C(=O)OCC1CCCCO1. The topological polar surface area (TPSA) is 35.5 Å². The van der Waals surface area contributed by atoms with E-state index in [9.17, 15) is 4.79 Å². The second kappa shape index (κ2) is 7.91. The van der Waals surface area contributed by atoms with E-state index >= 15 is 0 Å². The molecule has 1 fully saturated rings. The van der Waals surface area contributed by atoms with Crippen molar-refractivity contribution in [1.82, 2.24) is 0 Å². The van der Waals surface area contributed by atoms with Crippen molar-refractivity contribution in [3.05, 3.63) is 29.3 Å². The van der Waals surface area contributed by atoms with Crippen LogP contribution < -0.4 is 0 Å². The Kier molecular flexibility index (Phi) is 6.20. The summed E-state index contributed by atoms with van der Waals surface area (Å²) in [6.07, 6.45) is 3.30. The lowest BCUT2D eigenvalue weighted by atomic mass is 10.1. The Balaban J connectivity index is 1.75. The number of benzene rings is 1. The largest absolute Gasteiger partial charge is 0.462 e. The van der Waals surface area contributed by atoms with Gasteiger partial charge in [-0.15, -0.1) is 11.8 Å². The predicted molar refractivity (Wildman–Crippen MR) is 81.3 cm³/mol. The minimum atomic E-state index is -0.236. The number of thioether (sulfide) groups is 1. The maximum Gasteiger partial charge on any atom is 0.319 e. The average Bonchev–Trinajstić information content (AvgIpc) is 2.48. The Morgan fingerprint density at radius 2 is 2.20 bits per heavy atom. The van der Waals surface area contributed by atoms with Gasteiger partial charge in [-0.3, -0.25) is 4.79 Å². The van der Waals surface area contributed by atoms with Crippen LogP contribution in [0.2, 0.25) is 5.02 Å². The lowest BCUT2D eigenvalue weighted by Crippen LogP contribution is -2.28. The third kappa shape index (κ3) is 5.00. The number of carbonyl (C=O) groups is 1. The number of rotatable bonds is 5. The highest BCUT2D eigenvalue weighted by molar-refractivity contribution is 8.00. The van der Waals surface area contributed by atoms with Gasteiger partial charge in [-0.2, -0.15) is 0 Å². The first kappa shape index (κ1) is 15.7. The molecule has 20 heavy (non-hydrogen) atoms. The Bertz CT molecular complexity index is 429. The summed E-state index contributed by atoms with van der Waals surface area (Å²) in [6, 6.07) is 7.44. The zero-order valence-corrected chi connectivity index (χ0v) is 13.1. The maximum atomic E-state index is 11.9. The molecule has 0 N–H and O–H groups in total. The van der Waals surface area contributed by atoms with E-state index in [-0.39, 0.29) is 17.3 Å². The minimum Gasteiger partial charge on any atom is -0.462 e. The molecule has 110 valence electrons. The monoisotopic (exact) mass is 314 g/mol. The lowest BCUT2D eigenvalue weighted by molar-refractivity contribution is -0.148. The Morgan fingerprint density at radius 3 is 2.85 bits per heavy atom. The van der Waals surface area contributed by atoms with Gasteiger partial charge in [0.1, 0.15) is 11.9 Å². The fourth-order valence-electron chi connectivity index (χ4n) is 2.00. The van der Waals surface area contributed by atoms with Crippen LogP contribution >= 0.6 is 23.4 Å². The highest BCUT2D eigenvalue weighted by Crippen LogP contribution is 2.25. The van der Waals surface area contributed by atoms with Crippen molar-refractivity contribution in [3.8, 4) is 0 Å². The van der Waals surface area contributed by atoms with Gasteiger partial charge in [0.25, 0.3) is 0 Å². The summed E-state index contributed by atoms with van der Waals surface area (Å²) in [4.78, 5) is 12.9. The van der Waals surface area contributed by atoms with Crippen LogP contribution in [0.1, 0.15) is 26.2 Å². The summed E-state index contributed by atoms with van der Waals surface area (Å²) in [6.45, 7) is 2.99. The van der Waals surface area contributed by atoms with E-state index in [1.165, 1.54) is 11.8 Å².